The van der Waals surface area contributed by atoms with E-state index in [1.165, 1.54) is 6.33 Å². The summed E-state index contributed by atoms with van der Waals surface area (Å²) in [5.74, 6) is 0.232. The van der Waals surface area contributed by atoms with Crippen LogP contribution in [0.25, 0.3) is 11.2 Å². The van der Waals surface area contributed by atoms with Gasteiger partial charge in [0, 0.05) is 0 Å². The molecule has 1 saturated heterocycles. The third kappa shape index (κ3) is 2.78. The van der Waals surface area contributed by atoms with E-state index in [0.29, 0.717) is 11.2 Å². The molecule has 0 aromatic carbocycles. The van der Waals surface area contributed by atoms with Crippen molar-refractivity contribution in [2.24, 2.45) is 0 Å². The second kappa shape index (κ2) is 6.14. The van der Waals surface area contributed by atoms with Gasteiger partial charge in [0.1, 0.15) is 18.3 Å². The summed E-state index contributed by atoms with van der Waals surface area (Å²) in [4.78, 5) is 12.7. The van der Waals surface area contributed by atoms with Crippen molar-refractivity contribution in [3.8, 4) is 6.01 Å². The average Bonchev–Trinajstić information content (AvgIpc) is 3.26. The number of fused-ring (bicyclic) bond motifs is 1. The summed E-state index contributed by atoms with van der Waals surface area (Å²) in [5, 5.41) is 9.47. The molecule has 2 aromatic rings. The number of anilines is 1. The average molecular weight is 337 g/mol. The number of rotatable bonds is 4. The van der Waals surface area contributed by atoms with Crippen molar-refractivity contribution in [2.75, 3.05) is 12.3 Å². The van der Waals surface area contributed by atoms with Crippen molar-refractivity contribution in [1.29, 1.82) is 0 Å². The lowest BCUT2D eigenvalue weighted by Gasteiger charge is -2.14. The molecule has 1 aliphatic carbocycles. The maximum Gasteiger partial charge on any atom is 0.320 e. The first-order valence-electron chi connectivity index (χ1n) is 8.20. The molecule has 0 unspecified atom stereocenters. The molecule has 8 nitrogen and oxygen atoms in total. The number of aliphatic hydroxyl groups is 1. The summed E-state index contributed by atoms with van der Waals surface area (Å²) in [6.07, 6.45) is 2.61. The molecule has 3 N–H and O–H groups in total. The van der Waals surface area contributed by atoms with E-state index in [-0.39, 0.29) is 31.1 Å². The molecule has 3 atom stereocenters. The van der Waals surface area contributed by atoms with Gasteiger partial charge in [-0.3, -0.25) is 0 Å². The van der Waals surface area contributed by atoms with Crippen LogP contribution in [0.2, 0.25) is 0 Å². The maximum absolute atomic E-state index is 13.9. The zero-order valence-corrected chi connectivity index (χ0v) is 13.1. The van der Waals surface area contributed by atoms with Gasteiger partial charge in [0.25, 0.3) is 0 Å². The minimum atomic E-state index is -1.43. The van der Waals surface area contributed by atoms with Crippen LogP contribution in [0.3, 0.4) is 0 Å². The molecule has 2 fully saturated rings. The number of aromatic nitrogens is 4. The number of hydrogen-bond donors (Lipinski definition) is 2. The van der Waals surface area contributed by atoms with Crippen LogP contribution >= 0.6 is 0 Å². The van der Waals surface area contributed by atoms with Crippen LogP contribution in [-0.2, 0) is 11.3 Å². The number of alkyl halides is 1. The van der Waals surface area contributed by atoms with E-state index in [1.54, 1.807) is 4.57 Å². The topological polar surface area (TPSA) is 108 Å². The van der Waals surface area contributed by atoms with E-state index < -0.39 is 18.4 Å². The Morgan fingerprint density at radius 1 is 1.38 bits per heavy atom. The Labute approximate surface area is 137 Å². The third-order valence-corrected chi connectivity index (χ3v) is 4.63. The van der Waals surface area contributed by atoms with Gasteiger partial charge in [-0.1, -0.05) is 0 Å². The summed E-state index contributed by atoms with van der Waals surface area (Å²) in [7, 11) is 0. The fourth-order valence-corrected chi connectivity index (χ4v) is 3.29. The van der Waals surface area contributed by atoms with Crippen LogP contribution in [0.4, 0.5) is 10.2 Å². The highest BCUT2D eigenvalue weighted by Gasteiger charge is 2.36. The molecule has 2 aromatic heterocycles. The molecule has 1 saturated carbocycles. The van der Waals surface area contributed by atoms with Crippen LogP contribution < -0.4 is 10.5 Å². The van der Waals surface area contributed by atoms with Gasteiger partial charge < -0.3 is 24.9 Å². The molecule has 9 heteroatoms. The van der Waals surface area contributed by atoms with Crippen molar-refractivity contribution >= 4 is 17.0 Å². The zero-order valence-electron chi connectivity index (χ0n) is 13.1. The van der Waals surface area contributed by atoms with Crippen molar-refractivity contribution in [1.82, 2.24) is 19.5 Å². The summed E-state index contributed by atoms with van der Waals surface area (Å²) >= 11 is 0. The number of nitrogens with zero attached hydrogens (tertiary/aromatic N) is 4. The fourth-order valence-electron chi connectivity index (χ4n) is 3.29. The Kier molecular flexibility index (Phi) is 3.97. The number of aliphatic hydroxyl groups excluding tert-OH is 1. The van der Waals surface area contributed by atoms with Crippen LogP contribution in [0.1, 0.15) is 25.7 Å². The highest BCUT2D eigenvalue weighted by atomic mass is 19.1. The second-order valence-corrected chi connectivity index (χ2v) is 6.37. The largest absolute Gasteiger partial charge is 0.460 e. The SMILES string of the molecule is Nc1nc(OC2CCCC2)nc2c1ncn2C[C@H]1OC[C@H](O)[C@H]1F. The van der Waals surface area contributed by atoms with Gasteiger partial charge in [-0.25, -0.2) is 9.37 Å². The van der Waals surface area contributed by atoms with Crippen LogP contribution in [-0.4, -0.2) is 55.7 Å². The molecule has 0 radical (unpaired) electrons. The second-order valence-electron chi connectivity index (χ2n) is 6.37. The van der Waals surface area contributed by atoms with Crippen LogP contribution in [0.5, 0.6) is 6.01 Å². The lowest BCUT2D eigenvalue weighted by atomic mass is 10.2. The van der Waals surface area contributed by atoms with Gasteiger partial charge in [-0.05, 0) is 25.7 Å². The molecule has 1 aliphatic heterocycles. The molecule has 3 heterocycles. The van der Waals surface area contributed by atoms with Gasteiger partial charge in [0.15, 0.2) is 23.2 Å². The first kappa shape index (κ1) is 15.5. The smallest absolute Gasteiger partial charge is 0.320 e. The van der Waals surface area contributed by atoms with Gasteiger partial charge >= 0.3 is 6.01 Å². The fraction of sp³-hybridized carbons (Fsp3) is 0.667. The number of nitrogens with two attached hydrogens (primary N) is 1. The predicted molar refractivity (Wildman–Crippen MR) is 83.3 cm³/mol. The van der Waals surface area contributed by atoms with E-state index >= 15 is 0 Å². The summed E-state index contributed by atoms with van der Waals surface area (Å²) in [5.41, 5.74) is 6.88. The molecule has 24 heavy (non-hydrogen) atoms. The molecular formula is C15H20FN5O3. The Morgan fingerprint density at radius 2 is 2.17 bits per heavy atom. The lowest BCUT2D eigenvalue weighted by Crippen LogP contribution is -2.29. The van der Waals surface area contributed by atoms with E-state index in [0.717, 1.165) is 25.7 Å². The van der Waals surface area contributed by atoms with Crippen molar-refractivity contribution in [3.05, 3.63) is 6.33 Å². The number of hydrogen-bond acceptors (Lipinski definition) is 7. The molecule has 0 spiro atoms. The molecule has 2 aliphatic rings. The van der Waals surface area contributed by atoms with E-state index in [2.05, 4.69) is 15.0 Å². The molecule has 0 bridgehead atoms. The predicted octanol–water partition coefficient (Wildman–Crippen LogP) is 0.828. The highest BCUT2D eigenvalue weighted by Crippen LogP contribution is 2.26. The van der Waals surface area contributed by atoms with Gasteiger partial charge in [-0.2, -0.15) is 9.97 Å². The summed E-state index contributed by atoms with van der Waals surface area (Å²) < 4.78 is 26.7. The minimum absolute atomic E-state index is 0.00831. The standard InChI is InChI=1S/C15H20FN5O3/c16-11-9(22)6-23-10(11)5-21-7-18-12-13(17)19-15(20-14(12)21)24-8-3-1-2-4-8/h7-11,22H,1-6H2,(H2,17,19,20)/t9-,10+,11+/m0/s1. The Balaban J connectivity index is 1.60. The summed E-state index contributed by atoms with van der Waals surface area (Å²) in [6, 6.07) is 0.220. The zero-order chi connectivity index (χ0) is 16.7. The number of nitrogen functional groups attached to an aromatic ring is 1. The van der Waals surface area contributed by atoms with E-state index in [9.17, 15) is 9.50 Å². The van der Waals surface area contributed by atoms with Crippen molar-refractivity contribution in [3.63, 3.8) is 0 Å². The number of halogens is 1. The number of imidazole rings is 1. The Bertz CT molecular complexity index is 733. The molecule has 130 valence electrons. The Morgan fingerprint density at radius 3 is 2.88 bits per heavy atom. The van der Waals surface area contributed by atoms with Crippen LogP contribution in [0.15, 0.2) is 6.33 Å². The first-order chi connectivity index (χ1) is 11.6. The number of ether oxygens (including phenoxy) is 2. The third-order valence-electron chi connectivity index (χ3n) is 4.63. The van der Waals surface area contributed by atoms with Crippen molar-refractivity contribution in [2.45, 2.75) is 56.7 Å². The van der Waals surface area contributed by atoms with Gasteiger partial charge in [-0.15, -0.1) is 0 Å². The highest BCUT2D eigenvalue weighted by molar-refractivity contribution is 5.81. The van der Waals surface area contributed by atoms with E-state index in [4.69, 9.17) is 15.2 Å². The van der Waals surface area contributed by atoms with Gasteiger partial charge in [0.05, 0.1) is 19.5 Å². The first-order valence-corrected chi connectivity index (χ1v) is 8.20. The maximum atomic E-state index is 13.9. The van der Waals surface area contributed by atoms with Gasteiger partial charge in [0.2, 0.25) is 0 Å². The minimum Gasteiger partial charge on any atom is -0.460 e. The normalized spacial score (nSPS) is 28.0. The lowest BCUT2D eigenvalue weighted by molar-refractivity contribution is 0.0647. The molecule has 0 amide bonds. The monoisotopic (exact) mass is 337 g/mol. The quantitative estimate of drug-likeness (QED) is 0.850. The summed E-state index contributed by atoms with van der Waals surface area (Å²) in [6.45, 7) is 0.180. The molecular weight excluding hydrogens is 317 g/mol. The van der Waals surface area contributed by atoms with Crippen LogP contribution in [0, 0.1) is 0 Å². The Hall–Kier alpha value is -2.00. The molecule has 4 rings (SSSR count). The van der Waals surface area contributed by atoms with Crippen molar-refractivity contribution < 1.29 is 19.0 Å². The van der Waals surface area contributed by atoms with E-state index in [1.807, 2.05) is 0 Å².